The molecule has 1 atom stereocenters. The van der Waals surface area contributed by atoms with E-state index >= 15 is 0 Å². The van der Waals surface area contributed by atoms with Crippen LogP contribution in [0.15, 0.2) is 18.2 Å². The molecule has 5 heteroatoms. The molecule has 18 heavy (non-hydrogen) atoms. The smallest absolute Gasteiger partial charge is 0.294 e. The van der Waals surface area contributed by atoms with Gasteiger partial charge in [0.25, 0.3) is 0 Å². The number of hydrogen-bond acceptors (Lipinski definition) is 2. The maximum atomic E-state index is 12.5. The van der Waals surface area contributed by atoms with Gasteiger partial charge in [0.15, 0.2) is 5.78 Å². The van der Waals surface area contributed by atoms with E-state index in [4.69, 9.17) is 0 Å². The zero-order chi connectivity index (χ0) is 13.3. The van der Waals surface area contributed by atoms with Crippen LogP contribution in [0.25, 0.3) is 0 Å². The first-order valence-electron chi connectivity index (χ1n) is 5.69. The molecule has 98 valence electrons. The number of thioether (sulfide) groups is 1. The van der Waals surface area contributed by atoms with Crippen LogP contribution in [-0.2, 0) is 6.18 Å². The average Bonchev–Trinajstić information content (AvgIpc) is 2.80. The molecule has 1 unspecified atom stereocenters. The Kier molecular flexibility index (Phi) is 3.71. The Bertz CT molecular complexity index is 462. The molecule has 0 aliphatic carbocycles. The lowest BCUT2D eigenvalue weighted by atomic mass is 9.93. The van der Waals surface area contributed by atoms with Crippen LogP contribution in [-0.4, -0.2) is 17.3 Å². The first-order valence-corrected chi connectivity index (χ1v) is 6.85. The van der Waals surface area contributed by atoms with Crippen LogP contribution in [0.1, 0.15) is 27.9 Å². The van der Waals surface area contributed by atoms with Crippen LogP contribution in [0.3, 0.4) is 0 Å². The van der Waals surface area contributed by atoms with Crippen LogP contribution in [0.5, 0.6) is 0 Å². The zero-order valence-corrected chi connectivity index (χ0v) is 10.7. The SMILES string of the molecule is Cc1cc(C(F)(F)F)ccc1C(=O)C1CCSC1. The van der Waals surface area contributed by atoms with E-state index in [0.717, 1.165) is 30.1 Å². The molecule has 2 rings (SSSR count). The van der Waals surface area contributed by atoms with Crippen LogP contribution < -0.4 is 0 Å². The number of ketones is 1. The highest BCUT2D eigenvalue weighted by Gasteiger charge is 2.32. The topological polar surface area (TPSA) is 17.1 Å². The van der Waals surface area contributed by atoms with Gasteiger partial charge in [0, 0.05) is 17.2 Å². The molecule has 1 aliphatic rings. The van der Waals surface area contributed by atoms with Gasteiger partial charge in [-0.2, -0.15) is 24.9 Å². The second kappa shape index (κ2) is 4.96. The van der Waals surface area contributed by atoms with E-state index in [1.165, 1.54) is 6.07 Å². The summed E-state index contributed by atoms with van der Waals surface area (Å²) in [5, 5.41) is 0. The fourth-order valence-corrected chi connectivity index (χ4v) is 3.30. The summed E-state index contributed by atoms with van der Waals surface area (Å²) < 4.78 is 37.5. The molecule has 0 N–H and O–H groups in total. The summed E-state index contributed by atoms with van der Waals surface area (Å²) in [6.45, 7) is 1.56. The molecule has 0 bridgehead atoms. The minimum atomic E-state index is -4.35. The molecule has 1 heterocycles. The van der Waals surface area contributed by atoms with Crippen molar-refractivity contribution in [1.29, 1.82) is 0 Å². The van der Waals surface area contributed by atoms with Gasteiger partial charge in [-0.1, -0.05) is 6.07 Å². The van der Waals surface area contributed by atoms with Gasteiger partial charge in [-0.25, -0.2) is 0 Å². The normalized spacial score (nSPS) is 20.1. The van der Waals surface area contributed by atoms with Gasteiger partial charge < -0.3 is 0 Å². The summed E-state index contributed by atoms with van der Waals surface area (Å²) in [4.78, 5) is 12.1. The number of alkyl halides is 3. The van der Waals surface area contributed by atoms with Gasteiger partial charge in [-0.3, -0.25) is 4.79 Å². The lowest BCUT2D eigenvalue weighted by molar-refractivity contribution is -0.137. The first-order chi connectivity index (χ1) is 8.39. The fraction of sp³-hybridized carbons (Fsp3) is 0.462. The molecular formula is C13H13F3OS. The average molecular weight is 274 g/mol. The Morgan fingerprint density at radius 2 is 2.11 bits per heavy atom. The van der Waals surface area contributed by atoms with Crippen LogP contribution in [0, 0.1) is 12.8 Å². The summed E-state index contributed by atoms with van der Waals surface area (Å²) in [5.41, 5.74) is 0.138. The molecule has 1 aromatic rings. The molecule has 0 radical (unpaired) electrons. The van der Waals surface area contributed by atoms with Crippen LogP contribution in [0.4, 0.5) is 13.2 Å². The van der Waals surface area contributed by atoms with Crippen molar-refractivity contribution in [3.05, 3.63) is 34.9 Å². The lowest BCUT2D eigenvalue weighted by Gasteiger charge is -2.12. The Hall–Kier alpha value is -0.970. The van der Waals surface area contributed by atoms with E-state index in [0.29, 0.717) is 11.1 Å². The van der Waals surface area contributed by atoms with Crippen molar-refractivity contribution in [2.45, 2.75) is 19.5 Å². The minimum absolute atomic E-state index is 0.0220. The lowest BCUT2D eigenvalue weighted by Crippen LogP contribution is -2.16. The van der Waals surface area contributed by atoms with E-state index < -0.39 is 11.7 Å². The number of aryl methyl sites for hydroxylation is 1. The zero-order valence-electron chi connectivity index (χ0n) is 9.88. The number of Topliss-reactive ketones (excluding diaryl/α,β-unsaturated/α-hetero) is 1. The van der Waals surface area contributed by atoms with Gasteiger partial charge in [-0.15, -0.1) is 0 Å². The van der Waals surface area contributed by atoms with E-state index in [1.807, 2.05) is 0 Å². The molecule has 1 saturated heterocycles. The molecule has 1 fully saturated rings. The number of carbonyl (C=O) groups is 1. The Balaban J connectivity index is 2.27. The van der Waals surface area contributed by atoms with Crippen molar-refractivity contribution in [3.8, 4) is 0 Å². The maximum absolute atomic E-state index is 12.5. The molecule has 1 nitrogen and oxygen atoms in total. The van der Waals surface area contributed by atoms with Crippen LogP contribution >= 0.6 is 11.8 Å². The summed E-state index contributed by atoms with van der Waals surface area (Å²) in [7, 11) is 0. The third-order valence-electron chi connectivity index (χ3n) is 3.12. The first kappa shape index (κ1) is 13.5. The van der Waals surface area contributed by atoms with Gasteiger partial charge in [-0.05, 0) is 36.8 Å². The predicted octanol–water partition coefficient (Wildman–Crippen LogP) is 3.95. The second-order valence-corrected chi connectivity index (χ2v) is 5.60. The quantitative estimate of drug-likeness (QED) is 0.760. The van der Waals surface area contributed by atoms with E-state index in [9.17, 15) is 18.0 Å². The third-order valence-corrected chi connectivity index (χ3v) is 4.28. The maximum Gasteiger partial charge on any atom is 0.416 e. The third kappa shape index (κ3) is 2.71. The molecule has 0 saturated carbocycles. The van der Waals surface area contributed by atoms with E-state index in [-0.39, 0.29) is 11.7 Å². The van der Waals surface area contributed by atoms with E-state index in [1.54, 1.807) is 18.7 Å². The minimum Gasteiger partial charge on any atom is -0.294 e. The van der Waals surface area contributed by atoms with Crippen molar-refractivity contribution in [2.75, 3.05) is 11.5 Å². The molecular weight excluding hydrogens is 261 g/mol. The largest absolute Gasteiger partial charge is 0.416 e. The molecule has 1 aromatic carbocycles. The number of benzene rings is 1. The Morgan fingerprint density at radius 3 is 2.61 bits per heavy atom. The van der Waals surface area contributed by atoms with Crippen LogP contribution in [0.2, 0.25) is 0 Å². The molecule has 0 aromatic heterocycles. The number of rotatable bonds is 2. The highest BCUT2D eigenvalue weighted by atomic mass is 32.2. The van der Waals surface area contributed by atoms with Crippen molar-refractivity contribution in [1.82, 2.24) is 0 Å². The monoisotopic (exact) mass is 274 g/mol. The summed E-state index contributed by atoms with van der Waals surface area (Å²) >= 11 is 1.72. The summed E-state index contributed by atoms with van der Waals surface area (Å²) in [6.07, 6.45) is -3.53. The molecule has 0 amide bonds. The van der Waals surface area contributed by atoms with Crippen molar-refractivity contribution >= 4 is 17.5 Å². The number of hydrogen-bond donors (Lipinski definition) is 0. The number of halogens is 3. The van der Waals surface area contributed by atoms with Gasteiger partial charge >= 0.3 is 6.18 Å². The fourth-order valence-electron chi connectivity index (χ4n) is 2.08. The summed E-state index contributed by atoms with van der Waals surface area (Å²) in [6, 6.07) is 3.35. The molecule has 1 aliphatic heterocycles. The predicted molar refractivity (Wildman–Crippen MR) is 65.9 cm³/mol. The van der Waals surface area contributed by atoms with E-state index in [2.05, 4.69) is 0 Å². The standard InChI is InChI=1S/C13H13F3OS/c1-8-6-10(13(14,15)16)2-3-11(8)12(17)9-4-5-18-7-9/h2-3,6,9H,4-5,7H2,1H3. The Morgan fingerprint density at radius 1 is 1.39 bits per heavy atom. The van der Waals surface area contributed by atoms with Gasteiger partial charge in [0.1, 0.15) is 0 Å². The van der Waals surface area contributed by atoms with Crippen molar-refractivity contribution < 1.29 is 18.0 Å². The van der Waals surface area contributed by atoms with Gasteiger partial charge in [0.05, 0.1) is 5.56 Å². The van der Waals surface area contributed by atoms with Crippen molar-refractivity contribution in [2.24, 2.45) is 5.92 Å². The number of carbonyl (C=O) groups excluding carboxylic acids is 1. The summed E-state index contributed by atoms with van der Waals surface area (Å²) in [5.74, 6) is 1.67. The Labute approximate surface area is 108 Å². The molecule has 0 spiro atoms. The van der Waals surface area contributed by atoms with Crippen molar-refractivity contribution in [3.63, 3.8) is 0 Å². The van der Waals surface area contributed by atoms with Gasteiger partial charge in [0.2, 0.25) is 0 Å². The second-order valence-electron chi connectivity index (χ2n) is 4.45. The highest BCUT2D eigenvalue weighted by molar-refractivity contribution is 7.99. The highest BCUT2D eigenvalue weighted by Crippen LogP contribution is 2.32.